The summed E-state index contributed by atoms with van der Waals surface area (Å²) in [6, 6.07) is 7.30. The van der Waals surface area contributed by atoms with E-state index in [1.807, 2.05) is 24.3 Å². The molecule has 2 rings (SSSR count). The van der Waals surface area contributed by atoms with Crippen LogP contribution in [0.5, 0.6) is 5.75 Å². The molecule has 19 heavy (non-hydrogen) atoms. The van der Waals surface area contributed by atoms with Crippen LogP contribution >= 0.6 is 0 Å². The highest BCUT2D eigenvalue weighted by atomic mass is 16.5. The molecule has 1 atom stereocenters. The second-order valence-electron chi connectivity index (χ2n) is 4.65. The van der Waals surface area contributed by atoms with Gasteiger partial charge in [0.15, 0.2) is 0 Å². The lowest BCUT2D eigenvalue weighted by Crippen LogP contribution is -2.57. The Bertz CT molecular complexity index is 487. The first-order valence-corrected chi connectivity index (χ1v) is 6.31. The van der Waals surface area contributed by atoms with Crippen LogP contribution in [0.1, 0.15) is 12.5 Å². The van der Waals surface area contributed by atoms with E-state index in [2.05, 4.69) is 5.32 Å². The quantitative estimate of drug-likeness (QED) is 0.863. The molecule has 0 saturated carbocycles. The zero-order chi connectivity index (χ0) is 13.8. The van der Waals surface area contributed by atoms with Crippen molar-refractivity contribution >= 4 is 11.8 Å². The molecular formula is C14H18N2O3. The van der Waals surface area contributed by atoms with Gasteiger partial charge in [0.25, 0.3) is 0 Å². The van der Waals surface area contributed by atoms with E-state index in [1.165, 1.54) is 0 Å². The Balaban J connectivity index is 1.97. The Labute approximate surface area is 112 Å². The fourth-order valence-corrected chi connectivity index (χ4v) is 2.16. The van der Waals surface area contributed by atoms with E-state index in [-0.39, 0.29) is 18.4 Å². The van der Waals surface area contributed by atoms with Crippen molar-refractivity contribution in [1.82, 2.24) is 10.2 Å². The molecule has 5 heteroatoms. The van der Waals surface area contributed by atoms with E-state index in [0.29, 0.717) is 13.0 Å². The van der Waals surface area contributed by atoms with Gasteiger partial charge in [-0.2, -0.15) is 0 Å². The second-order valence-corrected chi connectivity index (χ2v) is 4.65. The molecule has 0 spiro atoms. The van der Waals surface area contributed by atoms with Crippen LogP contribution < -0.4 is 10.1 Å². The molecular weight excluding hydrogens is 244 g/mol. The van der Waals surface area contributed by atoms with Gasteiger partial charge in [0.1, 0.15) is 11.8 Å². The molecule has 1 aliphatic heterocycles. The molecule has 1 saturated heterocycles. The third-order valence-electron chi connectivity index (χ3n) is 3.20. The molecule has 0 bridgehead atoms. The maximum Gasteiger partial charge on any atom is 0.245 e. The molecule has 102 valence electrons. The molecule has 0 aliphatic carbocycles. The van der Waals surface area contributed by atoms with Crippen molar-refractivity contribution in [2.45, 2.75) is 19.4 Å². The summed E-state index contributed by atoms with van der Waals surface area (Å²) >= 11 is 0. The van der Waals surface area contributed by atoms with Gasteiger partial charge in [-0.3, -0.25) is 9.59 Å². The molecule has 1 unspecified atom stereocenters. The molecule has 1 aromatic carbocycles. The maximum atomic E-state index is 11.9. The highest BCUT2D eigenvalue weighted by Gasteiger charge is 2.28. The van der Waals surface area contributed by atoms with Crippen molar-refractivity contribution in [3.63, 3.8) is 0 Å². The summed E-state index contributed by atoms with van der Waals surface area (Å²) in [5, 5.41) is 2.63. The van der Waals surface area contributed by atoms with Crippen molar-refractivity contribution in [3.8, 4) is 5.75 Å². The number of piperazine rings is 1. The van der Waals surface area contributed by atoms with Gasteiger partial charge in [0.05, 0.1) is 13.7 Å². The molecule has 1 N–H and O–H groups in total. The first kappa shape index (κ1) is 13.4. The molecule has 0 aromatic heterocycles. The van der Waals surface area contributed by atoms with Gasteiger partial charge < -0.3 is 15.0 Å². The summed E-state index contributed by atoms with van der Waals surface area (Å²) < 4.78 is 5.16. The second kappa shape index (κ2) is 5.73. The van der Waals surface area contributed by atoms with E-state index in [0.717, 1.165) is 11.3 Å². The molecule has 0 radical (unpaired) electrons. The van der Waals surface area contributed by atoms with Gasteiger partial charge in [-0.15, -0.1) is 0 Å². The fraction of sp³-hybridized carbons (Fsp3) is 0.429. The number of methoxy groups -OCH3 is 1. The topological polar surface area (TPSA) is 58.6 Å². The van der Waals surface area contributed by atoms with E-state index in [9.17, 15) is 9.59 Å². The smallest absolute Gasteiger partial charge is 0.245 e. The third kappa shape index (κ3) is 3.24. The van der Waals surface area contributed by atoms with Crippen LogP contribution in [0.4, 0.5) is 0 Å². The summed E-state index contributed by atoms with van der Waals surface area (Å²) in [5.41, 5.74) is 1.09. The maximum absolute atomic E-state index is 11.9. The number of nitrogens with one attached hydrogen (secondary N) is 1. The zero-order valence-electron chi connectivity index (χ0n) is 11.2. The molecule has 2 amide bonds. The Morgan fingerprint density at radius 1 is 1.42 bits per heavy atom. The number of benzene rings is 1. The minimum absolute atomic E-state index is 0.0255. The largest absolute Gasteiger partial charge is 0.497 e. The van der Waals surface area contributed by atoms with Crippen LogP contribution in [-0.4, -0.2) is 43.0 Å². The van der Waals surface area contributed by atoms with Crippen LogP contribution in [0.3, 0.4) is 0 Å². The monoisotopic (exact) mass is 262 g/mol. The third-order valence-corrected chi connectivity index (χ3v) is 3.20. The van der Waals surface area contributed by atoms with Crippen molar-refractivity contribution in [2.75, 3.05) is 20.2 Å². The molecule has 1 fully saturated rings. The van der Waals surface area contributed by atoms with Gasteiger partial charge >= 0.3 is 0 Å². The minimum atomic E-state index is -0.424. The Morgan fingerprint density at radius 3 is 2.95 bits per heavy atom. The number of hydrogen-bond acceptors (Lipinski definition) is 3. The van der Waals surface area contributed by atoms with Crippen LogP contribution in [0.25, 0.3) is 0 Å². The first-order valence-electron chi connectivity index (χ1n) is 6.31. The Morgan fingerprint density at radius 2 is 2.21 bits per heavy atom. The number of amides is 2. The van der Waals surface area contributed by atoms with Crippen molar-refractivity contribution in [3.05, 3.63) is 29.8 Å². The number of carbonyl (C=O) groups is 2. The van der Waals surface area contributed by atoms with Gasteiger partial charge in [0, 0.05) is 6.54 Å². The fourth-order valence-electron chi connectivity index (χ4n) is 2.16. The number of rotatable bonds is 4. The molecule has 1 aliphatic rings. The number of hydrogen-bond donors (Lipinski definition) is 1. The van der Waals surface area contributed by atoms with Crippen LogP contribution in [0.2, 0.25) is 0 Å². The summed E-state index contributed by atoms with van der Waals surface area (Å²) in [4.78, 5) is 24.9. The van der Waals surface area contributed by atoms with E-state index in [1.54, 1.807) is 18.9 Å². The lowest BCUT2D eigenvalue weighted by molar-refractivity contribution is -0.143. The van der Waals surface area contributed by atoms with Gasteiger partial charge in [-0.1, -0.05) is 12.1 Å². The van der Waals surface area contributed by atoms with Gasteiger partial charge in [-0.25, -0.2) is 0 Å². The van der Waals surface area contributed by atoms with Crippen LogP contribution in [-0.2, 0) is 16.0 Å². The highest BCUT2D eigenvalue weighted by Crippen LogP contribution is 2.13. The summed E-state index contributed by atoms with van der Waals surface area (Å²) in [5.74, 6) is 0.675. The minimum Gasteiger partial charge on any atom is -0.497 e. The lowest BCUT2D eigenvalue weighted by Gasteiger charge is -2.30. The average molecular weight is 262 g/mol. The lowest BCUT2D eigenvalue weighted by atomic mass is 10.1. The molecule has 5 nitrogen and oxygen atoms in total. The summed E-state index contributed by atoms with van der Waals surface area (Å²) in [7, 11) is 1.62. The highest BCUT2D eigenvalue weighted by molar-refractivity contribution is 5.94. The van der Waals surface area contributed by atoms with Gasteiger partial charge in [0.2, 0.25) is 11.8 Å². The predicted octanol–water partition coefficient (Wildman–Crippen LogP) is 0.585. The standard InChI is InChI=1S/C14H18N2O3/c1-10-14(18)16(9-13(17)15-10)7-6-11-4-3-5-12(8-11)19-2/h3-5,8,10H,6-7,9H2,1-2H3,(H,15,17). The Kier molecular flexibility index (Phi) is 4.04. The van der Waals surface area contributed by atoms with Gasteiger partial charge in [-0.05, 0) is 31.0 Å². The summed E-state index contributed by atoms with van der Waals surface area (Å²) in [6.45, 7) is 2.40. The first-order chi connectivity index (χ1) is 9.10. The average Bonchev–Trinajstić information content (AvgIpc) is 2.41. The number of nitrogens with zero attached hydrogens (tertiary/aromatic N) is 1. The molecule has 1 aromatic rings. The summed E-state index contributed by atoms with van der Waals surface area (Å²) in [6.07, 6.45) is 0.711. The molecule has 1 heterocycles. The normalized spacial score (nSPS) is 19.3. The van der Waals surface area contributed by atoms with Crippen molar-refractivity contribution in [1.29, 1.82) is 0 Å². The zero-order valence-corrected chi connectivity index (χ0v) is 11.2. The predicted molar refractivity (Wildman–Crippen MR) is 70.9 cm³/mol. The van der Waals surface area contributed by atoms with Crippen molar-refractivity contribution < 1.29 is 14.3 Å². The van der Waals surface area contributed by atoms with Crippen LogP contribution in [0.15, 0.2) is 24.3 Å². The SMILES string of the molecule is COc1cccc(CCN2CC(=O)NC(C)C2=O)c1. The van der Waals surface area contributed by atoms with E-state index >= 15 is 0 Å². The Hall–Kier alpha value is -2.04. The van der Waals surface area contributed by atoms with E-state index < -0.39 is 6.04 Å². The number of carbonyl (C=O) groups excluding carboxylic acids is 2. The van der Waals surface area contributed by atoms with Crippen molar-refractivity contribution in [2.24, 2.45) is 0 Å². The van der Waals surface area contributed by atoms with E-state index in [4.69, 9.17) is 4.74 Å². The number of ether oxygens (including phenoxy) is 1. The van der Waals surface area contributed by atoms with Crippen LogP contribution in [0, 0.1) is 0 Å².